The van der Waals surface area contributed by atoms with E-state index in [1.54, 1.807) is 19.2 Å². The quantitative estimate of drug-likeness (QED) is 0.789. The van der Waals surface area contributed by atoms with Crippen molar-refractivity contribution in [3.05, 3.63) is 39.4 Å². The molecule has 1 saturated carbocycles. The first-order valence-electron chi connectivity index (χ1n) is 6.84. The average Bonchev–Trinajstić information content (AvgIpc) is 3.23. The Morgan fingerprint density at radius 2 is 2.10 bits per heavy atom. The van der Waals surface area contributed by atoms with E-state index >= 15 is 0 Å². The molecule has 0 saturated heterocycles. The minimum absolute atomic E-state index is 0.128. The van der Waals surface area contributed by atoms with Crippen LogP contribution < -0.4 is 5.56 Å². The number of nitriles is 1. The number of aryl methyl sites for hydroxylation is 1. The van der Waals surface area contributed by atoms with E-state index < -0.39 is 5.41 Å². The van der Waals surface area contributed by atoms with Crippen molar-refractivity contribution < 1.29 is 4.79 Å². The summed E-state index contributed by atoms with van der Waals surface area (Å²) >= 11 is 0. The van der Waals surface area contributed by atoms with E-state index in [1.165, 1.54) is 11.5 Å². The lowest BCUT2D eigenvalue weighted by Crippen LogP contribution is -2.27. The van der Waals surface area contributed by atoms with Crippen LogP contribution in [-0.2, 0) is 12.5 Å². The van der Waals surface area contributed by atoms with Gasteiger partial charge in [0.1, 0.15) is 11.2 Å². The Hall–Kier alpha value is -2.48. The zero-order valence-electron chi connectivity index (χ0n) is 12.2. The van der Waals surface area contributed by atoms with Crippen molar-refractivity contribution in [2.75, 3.05) is 0 Å². The first-order chi connectivity index (χ1) is 9.89. The van der Waals surface area contributed by atoms with Gasteiger partial charge < -0.3 is 0 Å². The lowest BCUT2D eigenvalue weighted by atomic mass is 10.0. The molecule has 0 spiro atoms. The third kappa shape index (κ3) is 1.87. The van der Waals surface area contributed by atoms with E-state index in [9.17, 15) is 14.9 Å². The summed E-state index contributed by atoms with van der Waals surface area (Å²) in [5, 5.41) is 9.78. The van der Waals surface area contributed by atoms with E-state index in [2.05, 4.69) is 11.1 Å². The summed E-state index contributed by atoms with van der Waals surface area (Å²) < 4.78 is 1.45. The van der Waals surface area contributed by atoms with Crippen molar-refractivity contribution in [1.82, 2.24) is 9.55 Å². The standard InChI is InChI=1S/C16H15N3O2/c1-9-6-11(10(2)20)13-12(7-9)14(21)19(3)15(18-13)16(8-17)4-5-16/h6-7H,4-5H2,1-3H3. The van der Waals surface area contributed by atoms with Crippen LogP contribution in [0.4, 0.5) is 0 Å². The van der Waals surface area contributed by atoms with Crippen LogP contribution in [0, 0.1) is 18.3 Å². The molecule has 0 aliphatic heterocycles. The zero-order valence-corrected chi connectivity index (χ0v) is 12.2. The van der Waals surface area contributed by atoms with Gasteiger partial charge in [-0.25, -0.2) is 4.98 Å². The molecule has 1 aromatic carbocycles. The Kier molecular flexibility index (Phi) is 2.74. The maximum atomic E-state index is 12.6. The molecule has 106 valence electrons. The molecule has 0 atom stereocenters. The first-order valence-corrected chi connectivity index (χ1v) is 6.84. The summed E-state index contributed by atoms with van der Waals surface area (Å²) in [7, 11) is 1.64. The minimum atomic E-state index is -0.666. The third-order valence-corrected chi connectivity index (χ3v) is 4.10. The maximum absolute atomic E-state index is 12.6. The molecule has 0 bridgehead atoms. The van der Waals surface area contributed by atoms with Crippen LogP contribution in [0.5, 0.6) is 0 Å². The molecular weight excluding hydrogens is 266 g/mol. The molecule has 1 heterocycles. The van der Waals surface area contributed by atoms with Gasteiger partial charge in [0.15, 0.2) is 5.78 Å². The third-order valence-electron chi connectivity index (χ3n) is 4.10. The van der Waals surface area contributed by atoms with E-state index in [1.807, 2.05) is 6.92 Å². The SMILES string of the molecule is CC(=O)c1cc(C)cc2c(=O)n(C)c(C3(C#N)CC3)nc12. The van der Waals surface area contributed by atoms with E-state index in [-0.39, 0.29) is 11.3 Å². The molecule has 1 aliphatic rings. The molecule has 1 aromatic heterocycles. The van der Waals surface area contributed by atoms with Gasteiger partial charge in [0, 0.05) is 12.6 Å². The molecule has 3 rings (SSSR count). The molecule has 0 N–H and O–H groups in total. The Morgan fingerprint density at radius 1 is 1.43 bits per heavy atom. The molecular formula is C16H15N3O2. The van der Waals surface area contributed by atoms with Crippen molar-refractivity contribution >= 4 is 16.7 Å². The van der Waals surface area contributed by atoms with Crippen LogP contribution in [0.1, 0.15) is 41.5 Å². The number of ketones is 1. The number of aromatic nitrogens is 2. The summed E-state index contributed by atoms with van der Waals surface area (Å²) in [6.07, 6.45) is 1.41. The van der Waals surface area contributed by atoms with Gasteiger partial charge in [-0.15, -0.1) is 0 Å². The molecule has 1 fully saturated rings. The van der Waals surface area contributed by atoms with Gasteiger partial charge in [-0.3, -0.25) is 14.2 Å². The minimum Gasteiger partial charge on any atom is -0.298 e. The highest BCUT2D eigenvalue weighted by molar-refractivity contribution is 6.05. The smallest absolute Gasteiger partial charge is 0.261 e. The fourth-order valence-electron chi connectivity index (χ4n) is 2.73. The van der Waals surface area contributed by atoms with Crippen LogP contribution >= 0.6 is 0 Å². The van der Waals surface area contributed by atoms with Gasteiger partial charge in [0.2, 0.25) is 0 Å². The Labute approximate surface area is 121 Å². The topological polar surface area (TPSA) is 75.8 Å². The second kappa shape index (κ2) is 4.26. The lowest BCUT2D eigenvalue weighted by molar-refractivity contribution is 0.101. The predicted octanol–water partition coefficient (Wildman–Crippen LogP) is 2.00. The maximum Gasteiger partial charge on any atom is 0.261 e. The number of rotatable bonds is 2. The molecule has 1 aliphatic carbocycles. The fourth-order valence-corrected chi connectivity index (χ4v) is 2.73. The van der Waals surface area contributed by atoms with E-state index in [0.717, 1.165) is 5.56 Å². The van der Waals surface area contributed by atoms with E-state index in [0.29, 0.717) is 35.1 Å². The van der Waals surface area contributed by atoms with Crippen LogP contribution in [0.25, 0.3) is 10.9 Å². The van der Waals surface area contributed by atoms with Gasteiger partial charge in [0.25, 0.3) is 5.56 Å². The summed E-state index contributed by atoms with van der Waals surface area (Å²) in [6.45, 7) is 3.31. The van der Waals surface area contributed by atoms with Gasteiger partial charge in [-0.1, -0.05) is 0 Å². The number of benzene rings is 1. The second-order valence-corrected chi connectivity index (χ2v) is 5.76. The zero-order chi connectivity index (χ0) is 15.4. The van der Waals surface area contributed by atoms with Gasteiger partial charge >= 0.3 is 0 Å². The highest BCUT2D eigenvalue weighted by Crippen LogP contribution is 2.46. The molecule has 21 heavy (non-hydrogen) atoms. The highest BCUT2D eigenvalue weighted by atomic mass is 16.1. The highest BCUT2D eigenvalue weighted by Gasteiger charge is 2.48. The summed E-state index contributed by atoms with van der Waals surface area (Å²) in [4.78, 5) is 28.9. The van der Waals surface area contributed by atoms with Crippen LogP contribution in [-0.4, -0.2) is 15.3 Å². The Morgan fingerprint density at radius 3 is 2.62 bits per heavy atom. The Balaban J connectivity index is 2.46. The molecule has 5 nitrogen and oxygen atoms in total. The van der Waals surface area contributed by atoms with Crippen molar-refractivity contribution in [1.29, 1.82) is 5.26 Å². The number of hydrogen-bond acceptors (Lipinski definition) is 4. The van der Waals surface area contributed by atoms with Gasteiger partial charge in [0.05, 0.1) is 17.0 Å². The largest absolute Gasteiger partial charge is 0.298 e. The van der Waals surface area contributed by atoms with Crippen molar-refractivity contribution in [2.45, 2.75) is 32.1 Å². The number of hydrogen-bond donors (Lipinski definition) is 0. The summed E-state index contributed by atoms with van der Waals surface area (Å²) in [6, 6.07) is 5.74. The number of carbonyl (C=O) groups is 1. The number of nitrogens with zero attached hydrogens (tertiary/aromatic N) is 3. The van der Waals surface area contributed by atoms with Gasteiger partial charge in [-0.2, -0.15) is 5.26 Å². The van der Waals surface area contributed by atoms with Crippen LogP contribution in [0.15, 0.2) is 16.9 Å². The summed E-state index contributed by atoms with van der Waals surface area (Å²) in [5.41, 5.74) is 0.829. The second-order valence-electron chi connectivity index (χ2n) is 5.76. The first kappa shape index (κ1) is 13.5. The molecule has 2 aromatic rings. The van der Waals surface area contributed by atoms with Crippen LogP contribution in [0.2, 0.25) is 0 Å². The molecule has 0 unspecified atom stereocenters. The molecule has 5 heteroatoms. The van der Waals surface area contributed by atoms with Crippen molar-refractivity contribution in [3.8, 4) is 6.07 Å². The number of Topliss-reactive ketones (excluding diaryl/α,β-unsaturated/α-hetero) is 1. The monoisotopic (exact) mass is 281 g/mol. The number of fused-ring (bicyclic) bond motifs is 1. The van der Waals surface area contributed by atoms with Crippen molar-refractivity contribution in [3.63, 3.8) is 0 Å². The molecule has 0 radical (unpaired) electrons. The van der Waals surface area contributed by atoms with Crippen molar-refractivity contribution in [2.24, 2.45) is 7.05 Å². The normalized spacial score (nSPS) is 15.7. The fraction of sp³-hybridized carbons (Fsp3) is 0.375. The number of carbonyl (C=O) groups excluding carboxylic acids is 1. The summed E-state index contributed by atoms with van der Waals surface area (Å²) in [5.74, 6) is 0.339. The lowest BCUT2D eigenvalue weighted by Gasteiger charge is -2.14. The Bertz CT molecular complexity index is 883. The predicted molar refractivity (Wildman–Crippen MR) is 78.3 cm³/mol. The van der Waals surface area contributed by atoms with Gasteiger partial charge in [-0.05, 0) is 44.4 Å². The van der Waals surface area contributed by atoms with E-state index in [4.69, 9.17) is 0 Å². The van der Waals surface area contributed by atoms with Crippen LogP contribution in [0.3, 0.4) is 0 Å². The average molecular weight is 281 g/mol. The molecule has 0 amide bonds.